The molecule has 3 aliphatic rings. The summed E-state index contributed by atoms with van der Waals surface area (Å²) in [5.74, 6) is -4.39. The Hall–Kier alpha value is -2.86. The first-order valence-corrected chi connectivity index (χ1v) is 17.2. The molecule has 4 unspecified atom stereocenters. The van der Waals surface area contributed by atoms with Gasteiger partial charge in [0.15, 0.2) is 0 Å². The van der Waals surface area contributed by atoms with Crippen molar-refractivity contribution >= 4 is 58.7 Å². The SMILES string of the molecule is C=CCCC(NC(=O)C1C2C(CN1C(=O)[C@@H](NC(=O)OC(C)(C)C)C1CCCCC1)C2(Cl)Cl)C(=O)C(=O)NCCC(=O)NC(C)(C)C. The van der Waals surface area contributed by atoms with Crippen molar-refractivity contribution in [1.82, 2.24) is 26.2 Å². The van der Waals surface area contributed by atoms with Gasteiger partial charge in [-0.05, 0) is 73.1 Å². The summed E-state index contributed by atoms with van der Waals surface area (Å²) < 4.78 is 4.22. The Balaban J connectivity index is 1.77. The molecule has 4 N–H and O–H groups in total. The first-order chi connectivity index (χ1) is 21.8. The van der Waals surface area contributed by atoms with Gasteiger partial charge in [-0.2, -0.15) is 0 Å². The van der Waals surface area contributed by atoms with E-state index in [0.29, 0.717) is 6.42 Å². The normalized spacial score (nSPS) is 23.4. The molecule has 264 valence electrons. The lowest BCUT2D eigenvalue weighted by molar-refractivity contribution is -0.144. The Morgan fingerprint density at radius 3 is 2.21 bits per heavy atom. The highest BCUT2D eigenvalue weighted by atomic mass is 35.5. The molecule has 0 aromatic heterocycles. The summed E-state index contributed by atoms with van der Waals surface area (Å²) in [6.45, 7) is 14.4. The highest BCUT2D eigenvalue weighted by molar-refractivity contribution is 6.51. The molecule has 3 fully saturated rings. The van der Waals surface area contributed by atoms with Gasteiger partial charge in [-0.25, -0.2) is 4.79 Å². The summed E-state index contributed by atoms with van der Waals surface area (Å²) in [6.07, 6.45) is 5.49. The number of nitrogens with one attached hydrogen (secondary N) is 4. The van der Waals surface area contributed by atoms with Gasteiger partial charge < -0.3 is 30.9 Å². The maximum Gasteiger partial charge on any atom is 0.408 e. The van der Waals surface area contributed by atoms with E-state index in [1.54, 1.807) is 26.8 Å². The van der Waals surface area contributed by atoms with E-state index in [1.807, 2.05) is 20.8 Å². The highest BCUT2D eigenvalue weighted by Gasteiger charge is 2.74. The quantitative estimate of drug-likeness (QED) is 0.130. The Morgan fingerprint density at radius 2 is 1.64 bits per heavy atom. The van der Waals surface area contributed by atoms with E-state index < -0.39 is 69.1 Å². The van der Waals surface area contributed by atoms with Gasteiger partial charge in [-0.1, -0.05) is 25.3 Å². The minimum absolute atomic E-state index is 0.0325. The number of piperidine rings is 1. The molecule has 3 rings (SSSR count). The maximum atomic E-state index is 14.2. The van der Waals surface area contributed by atoms with Gasteiger partial charge in [0.2, 0.25) is 23.5 Å². The zero-order chi connectivity index (χ0) is 35.3. The van der Waals surface area contributed by atoms with Crippen molar-refractivity contribution in [2.75, 3.05) is 13.1 Å². The van der Waals surface area contributed by atoms with Crippen LogP contribution in [0.2, 0.25) is 0 Å². The minimum Gasteiger partial charge on any atom is -0.444 e. The summed E-state index contributed by atoms with van der Waals surface area (Å²) in [7, 11) is 0. The number of carbonyl (C=O) groups excluding carboxylic acids is 6. The summed E-state index contributed by atoms with van der Waals surface area (Å²) in [5.41, 5.74) is -1.23. The van der Waals surface area contributed by atoms with Gasteiger partial charge in [0.05, 0.1) is 6.04 Å². The van der Waals surface area contributed by atoms with E-state index in [-0.39, 0.29) is 43.7 Å². The molecule has 0 aromatic rings. The third-order valence-corrected chi connectivity index (χ3v) is 9.68. The van der Waals surface area contributed by atoms with E-state index in [1.165, 1.54) is 4.90 Å². The van der Waals surface area contributed by atoms with E-state index in [2.05, 4.69) is 27.8 Å². The van der Waals surface area contributed by atoms with Crippen LogP contribution in [-0.2, 0) is 28.7 Å². The van der Waals surface area contributed by atoms with Crippen LogP contribution in [0.5, 0.6) is 0 Å². The minimum atomic E-state index is -1.25. The lowest BCUT2D eigenvalue weighted by Crippen LogP contribution is -2.60. The molecule has 0 aromatic carbocycles. The monoisotopic (exact) mass is 699 g/mol. The summed E-state index contributed by atoms with van der Waals surface area (Å²) in [6, 6.07) is -3.29. The molecule has 14 heteroatoms. The second-order valence-electron chi connectivity index (χ2n) is 14.9. The van der Waals surface area contributed by atoms with Crippen molar-refractivity contribution < 1.29 is 33.5 Å². The zero-order valence-electron chi connectivity index (χ0n) is 28.4. The van der Waals surface area contributed by atoms with Crippen molar-refractivity contribution in [3.63, 3.8) is 0 Å². The molecule has 0 bridgehead atoms. The predicted octanol–water partition coefficient (Wildman–Crippen LogP) is 3.53. The average Bonchev–Trinajstić information content (AvgIpc) is 3.26. The number of alkyl carbamates (subject to hydrolysis) is 1. The van der Waals surface area contributed by atoms with E-state index in [4.69, 9.17) is 27.9 Å². The van der Waals surface area contributed by atoms with Crippen molar-refractivity contribution in [3.05, 3.63) is 12.7 Å². The molecule has 2 saturated carbocycles. The summed E-state index contributed by atoms with van der Waals surface area (Å²) in [4.78, 5) is 80.5. The number of Topliss-reactive ketones (excluding diaryl/α,β-unsaturated/α-hetero) is 1. The summed E-state index contributed by atoms with van der Waals surface area (Å²) in [5, 5.41) is 10.7. The molecule has 0 radical (unpaired) electrons. The van der Waals surface area contributed by atoms with Gasteiger partial charge in [0.25, 0.3) is 5.91 Å². The Morgan fingerprint density at radius 1 is 1.00 bits per heavy atom. The number of likely N-dealkylation sites (tertiary alicyclic amines) is 1. The van der Waals surface area contributed by atoms with Crippen LogP contribution in [0.4, 0.5) is 4.79 Å². The van der Waals surface area contributed by atoms with Crippen LogP contribution in [0.15, 0.2) is 12.7 Å². The zero-order valence-corrected chi connectivity index (χ0v) is 29.9. The summed E-state index contributed by atoms with van der Waals surface area (Å²) >= 11 is 13.1. The van der Waals surface area contributed by atoms with Crippen molar-refractivity contribution in [2.24, 2.45) is 17.8 Å². The molecule has 5 amide bonds. The molecule has 1 saturated heterocycles. The second kappa shape index (κ2) is 15.6. The van der Waals surface area contributed by atoms with Gasteiger partial charge in [0, 0.05) is 36.9 Å². The molecular weight excluding hydrogens is 649 g/mol. The molecule has 1 heterocycles. The molecule has 47 heavy (non-hydrogen) atoms. The standard InChI is InChI=1S/C33H51Cl2N5O7/c1-8-9-15-21(26(42)28(44)36-17-16-22(41)39-31(2,3)4)37-27(43)25-23-20(33(23,34)35)18-40(25)29(45)24(19-13-11-10-12-14-19)38-30(46)47-32(5,6)7/h8,19-21,23-25H,1,9-18H2,2-7H3,(H,36,44)(H,37,43)(H,38,46)(H,39,41)/t20?,21?,23?,24-,25?/m0/s1. The van der Waals surface area contributed by atoms with Crippen LogP contribution in [-0.4, -0.2) is 87.1 Å². The Kier molecular flexibility index (Phi) is 12.8. The smallest absolute Gasteiger partial charge is 0.408 e. The van der Waals surface area contributed by atoms with Crippen LogP contribution in [0.1, 0.15) is 92.9 Å². The molecular formula is C33H51Cl2N5O7. The van der Waals surface area contributed by atoms with Crippen LogP contribution in [0.25, 0.3) is 0 Å². The third-order valence-electron chi connectivity index (χ3n) is 8.61. The first kappa shape index (κ1) is 38.6. The van der Waals surface area contributed by atoms with E-state index in [0.717, 1.165) is 32.1 Å². The number of halogens is 2. The van der Waals surface area contributed by atoms with E-state index in [9.17, 15) is 28.8 Å². The average molecular weight is 701 g/mol. The van der Waals surface area contributed by atoms with E-state index >= 15 is 0 Å². The molecule has 1 aliphatic heterocycles. The molecule has 0 spiro atoms. The lowest BCUT2D eigenvalue weighted by atomic mass is 9.83. The van der Waals surface area contributed by atoms with Crippen LogP contribution < -0.4 is 21.3 Å². The number of nitrogens with zero attached hydrogens (tertiary/aromatic N) is 1. The number of hydrogen-bond donors (Lipinski definition) is 4. The Bertz CT molecular complexity index is 1220. The number of alkyl halides is 2. The second-order valence-corrected chi connectivity index (χ2v) is 16.3. The van der Waals surface area contributed by atoms with Crippen molar-refractivity contribution in [1.29, 1.82) is 0 Å². The highest BCUT2D eigenvalue weighted by Crippen LogP contribution is 2.65. The largest absolute Gasteiger partial charge is 0.444 e. The fourth-order valence-corrected chi connectivity index (χ4v) is 7.25. The number of carbonyl (C=O) groups is 6. The predicted molar refractivity (Wildman–Crippen MR) is 179 cm³/mol. The number of rotatable bonds is 13. The topological polar surface area (TPSA) is 163 Å². The first-order valence-electron chi connectivity index (χ1n) is 16.5. The lowest BCUT2D eigenvalue weighted by Gasteiger charge is -2.36. The number of ether oxygens (including phenoxy) is 1. The van der Waals surface area contributed by atoms with Gasteiger partial charge in [0.1, 0.15) is 22.0 Å². The fraction of sp³-hybridized carbons (Fsp3) is 0.758. The molecule has 5 atom stereocenters. The number of amides is 5. The number of allylic oxidation sites excluding steroid dienone is 1. The van der Waals surface area contributed by atoms with Crippen LogP contribution >= 0.6 is 23.2 Å². The van der Waals surface area contributed by atoms with Crippen molar-refractivity contribution in [2.45, 2.75) is 127 Å². The number of hydrogen-bond acceptors (Lipinski definition) is 7. The van der Waals surface area contributed by atoms with Gasteiger partial charge >= 0.3 is 6.09 Å². The molecule has 12 nitrogen and oxygen atoms in total. The maximum absolute atomic E-state index is 14.2. The fourth-order valence-electron chi connectivity index (χ4n) is 6.42. The Labute approximate surface area is 287 Å². The van der Waals surface area contributed by atoms with Crippen LogP contribution in [0, 0.1) is 17.8 Å². The van der Waals surface area contributed by atoms with Gasteiger partial charge in [-0.15, -0.1) is 29.8 Å². The third kappa shape index (κ3) is 10.6. The van der Waals surface area contributed by atoms with Crippen molar-refractivity contribution in [3.8, 4) is 0 Å². The number of fused-ring (bicyclic) bond motifs is 1. The number of ketones is 1. The van der Waals surface area contributed by atoms with Gasteiger partial charge in [-0.3, -0.25) is 24.0 Å². The molecule has 2 aliphatic carbocycles. The van der Waals surface area contributed by atoms with Crippen LogP contribution in [0.3, 0.4) is 0 Å².